The van der Waals surface area contributed by atoms with Crippen molar-refractivity contribution in [1.82, 2.24) is 0 Å². The van der Waals surface area contributed by atoms with Gasteiger partial charge in [0.15, 0.2) is 5.79 Å². The van der Waals surface area contributed by atoms with Gasteiger partial charge in [0.1, 0.15) is 14.2 Å². The molecule has 22 heavy (non-hydrogen) atoms. The standard InChI is InChI=1S/C19H30O2Si/c1-7-8-11-14-17-18(21-19(2,3)20-17)15-12-9-10-13-16-22(4,5)6/h8-12,15,17-18H,7,14H2,1-6H3/b10-9+,11-8+,15-12+/t17-,18+/m0/s1. The first kappa shape index (κ1) is 19.0. The van der Waals surface area contributed by atoms with Crippen LogP contribution in [0, 0.1) is 11.5 Å². The van der Waals surface area contributed by atoms with E-state index in [9.17, 15) is 0 Å². The molecule has 0 unspecified atom stereocenters. The van der Waals surface area contributed by atoms with Gasteiger partial charge in [-0.1, -0.05) is 62.9 Å². The van der Waals surface area contributed by atoms with Crippen LogP contribution in [0.4, 0.5) is 0 Å². The summed E-state index contributed by atoms with van der Waals surface area (Å²) in [7, 11) is -1.28. The lowest BCUT2D eigenvalue weighted by atomic mass is 10.1. The molecule has 0 aliphatic carbocycles. The molecule has 1 rings (SSSR count). The molecular weight excluding hydrogens is 288 g/mol. The van der Waals surface area contributed by atoms with Crippen LogP contribution in [0.2, 0.25) is 19.6 Å². The minimum atomic E-state index is -1.28. The lowest BCUT2D eigenvalue weighted by molar-refractivity contribution is -0.142. The molecule has 0 bridgehead atoms. The van der Waals surface area contributed by atoms with Gasteiger partial charge in [0, 0.05) is 0 Å². The fourth-order valence-corrected chi connectivity index (χ4v) is 2.66. The van der Waals surface area contributed by atoms with Crippen LogP contribution in [0.1, 0.15) is 33.6 Å². The van der Waals surface area contributed by atoms with E-state index in [0.29, 0.717) is 0 Å². The number of hydrogen-bond acceptors (Lipinski definition) is 2. The van der Waals surface area contributed by atoms with Crippen LogP contribution in [-0.2, 0) is 9.47 Å². The Bertz CT molecular complexity index is 484. The van der Waals surface area contributed by atoms with Gasteiger partial charge in [-0.3, -0.25) is 0 Å². The zero-order chi connectivity index (χ0) is 16.6. The summed E-state index contributed by atoms with van der Waals surface area (Å²) in [5.41, 5.74) is 3.31. The Hall–Kier alpha value is -1.08. The van der Waals surface area contributed by atoms with Crippen molar-refractivity contribution in [2.45, 2.75) is 71.2 Å². The second-order valence-electron chi connectivity index (χ2n) is 7.02. The molecule has 0 amide bonds. The normalized spacial score (nSPS) is 25.2. The fourth-order valence-electron chi connectivity index (χ4n) is 2.14. The van der Waals surface area contributed by atoms with Crippen LogP contribution < -0.4 is 0 Å². The van der Waals surface area contributed by atoms with Crippen molar-refractivity contribution in [1.29, 1.82) is 0 Å². The maximum absolute atomic E-state index is 5.96. The molecule has 1 fully saturated rings. The van der Waals surface area contributed by atoms with E-state index in [-0.39, 0.29) is 12.2 Å². The minimum absolute atomic E-state index is 0.00823. The van der Waals surface area contributed by atoms with E-state index in [1.165, 1.54) is 0 Å². The summed E-state index contributed by atoms with van der Waals surface area (Å²) in [6.45, 7) is 12.8. The second-order valence-corrected chi connectivity index (χ2v) is 11.8. The molecule has 1 aliphatic rings. The first-order chi connectivity index (χ1) is 10.2. The maximum Gasteiger partial charge on any atom is 0.164 e. The molecule has 1 heterocycles. The average molecular weight is 319 g/mol. The molecule has 122 valence electrons. The molecule has 0 aromatic carbocycles. The van der Waals surface area contributed by atoms with Crippen LogP contribution >= 0.6 is 0 Å². The Morgan fingerprint density at radius 3 is 2.45 bits per heavy atom. The Balaban J connectivity index is 2.60. The summed E-state index contributed by atoms with van der Waals surface area (Å²) >= 11 is 0. The molecule has 2 nitrogen and oxygen atoms in total. The molecule has 3 heteroatoms. The number of rotatable bonds is 5. The van der Waals surface area contributed by atoms with E-state index in [0.717, 1.165) is 12.8 Å². The van der Waals surface area contributed by atoms with E-state index >= 15 is 0 Å². The van der Waals surface area contributed by atoms with E-state index in [2.05, 4.69) is 56.3 Å². The third kappa shape index (κ3) is 7.79. The van der Waals surface area contributed by atoms with Gasteiger partial charge in [0.25, 0.3) is 0 Å². The third-order valence-corrected chi connectivity index (χ3v) is 3.93. The molecule has 0 N–H and O–H groups in total. The Kier molecular flexibility index (Phi) is 7.35. The molecule has 2 atom stereocenters. The SMILES string of the molecule is CC/C=C/C[C@@H]1OC(C)(C)O[C@@H]1/C=C/C=C/C#C[Si](C)(C)C. The topological polar surface area (TPSA) is 18.5 Å². The molecule has 0 aromatic rings. The van der Waals surface area contributed by atoms with Crippen molar-refractivity contribution in [2.75, 3.05) is 0 Å². The summed E-state index contributed by atoms with van der Waals surface area (Å²) in [6, 6.07) is 0. The molecule has 1 aliphatic heterocycles. The summed E-state index contributed by atoms with van der Waals surface area (Å²) < 4.78 is 11.9. The van der Waals surface area contributed by atoms with E-state index in [1.807, 2.05) is 32.1 Å². The molecule has 1 saturated heterocycles. The molecule has 0 spiro atoms. The van der Waals surface area contributed by atoms with E-state index in [1.54, 1.807) is 0 Å². The smallest absolute Gasteiger partial charge is 0.164 e. The number of ether oxygens (including phenoxy) is 2. The van der Waals surface area contributed by atoms with Gasteiger partial charge in [0.05, 0.1) is 6.10 Å². The quantitative estimate of drug-likeness (QED) is 0.312. The molecular formula is C19H30O2Si. The summed E-state index contributed by atoms with van der Waals surface area (Å²) in [4.78, 5) is 0. The van der Waals surface area contributed by atoms with Gasteiger partial charge >= 0.3 is 0 Å². The summed E-state index contributed by atoms with van der Waals surface area (Å²) in [6.07, 6.45) is 14.3. The number of hydrogen-bond donors (Lipinski definition) is 0. The molecule has 0 saturated carbocycles. The van der Waals surface area contributed by atoms with Crippen molar-refractivity contribution in [3.8, 4) is 11.5 Å². The fraction of sp³-hybridized carbons (Fsp3) is 0.579. The van der Waals surface area contributed by atoms with Gasteiger partial charge in [0.2, 0.25) is 0 Å². The van der Waals surface area contributed by atoms with Crippen LogP contribution in [0.5, 0.6) is 0 Å². The Morgan fingerprint density at radius 1 is 1.09 bits per heavy atom. The number of allylic oxidation sites excluding steroid dienone is 4. The van der Waals surface area contributed by atoms with Crippen LogP contribution in [0.3, 0.4) is 0 Å². The highest BCUT2D eigenvalue weighted by Crippen LogP contribution is 2.30. The predicted octanol–water partition coefficient (Wildman–Crippen LogP) is 4.86. The van der Waals surface area contributed by atoms with Gasteiger partial charge in [-0.05, 0) is 32.8 Å². The lowest BCUT2D eigenvalue weighted by Gasteiger charge is -2.16. The van der Waals surface area contributed by atoms with Crippen molar-refractivity contribution >= 4 is 8.07 Å². The highest BCUT2D eigenvalue weighted by atomic mass is 28.3. The summed E-state index contributed by atoms with van der Waals surface area (Å²) in [5.74, 6) is 2.60. The van der Waals surface area contributed by atoms with Crippen molar-refractivity contribution < 1.29 is 9.47 Å². The Labute approximate surface area is 137 Å². The van der Waals surface area contributed by atoms with Gasteiger partial charge in [-0.15, -0.1) is 5.54 Å². The van der Waals surface area contributed by atoms with E-state index < -0.39 is 13.9 Å². The van der Waals surface area contributed by atoms with Gasteiger partial charge < -0.3 is 9.47 Å². The highest BCUT2D eigenvalue weighted by Gasteiger charge is 2.38. The first-order valence-corrected chi connectivity index (χ1v) is 11.6. The molecule has 0 aromatic heterocycles. The maximum atomic E-state index is 5.96. The Morgan fingerprint density at radius 2 is 1.82 bits per heavy atom. The van der Waals surface area contributed by atoms with Crippen molar-refractivity contribution in [3.05, 3.63) is 36.5 Å². The monoisotopic (exact) mass is 318 g/mol. The van der Waals surface area contributed by atoms with Gasteiger partial charge in [-0.25, -0.2) is 0 Å². The van der Waals surface area contributed by atoms with Crippen LogP contribution in [0.15, 0.2) is 36.5 Å². The van der Waals surface area contributed by atoms with Gasteiger partial charge in [-0.2, -0.15) is 0 Å². The lowest BCUT2D eigenvalue weighted by Crippen LogP contribution is -2.21. The average Bonchev–Trinajstić information content (AvgIpc) is 2.67. The largest absolute Gasteiger partial charge is 0.344 e. The molecule has 0 radical (unpaired) electrons. The first-order valence-electron chi connectivity index (χ1n) is 8.10. The summed E-state index contributed by atoms with van der Waals surface area (Å²) in [5, 5.41) is 0. The van der Waals surface area contributed by atoms with Crippen molar-refractivity contribution in [3.63, 3.8) is 0 Å². The zero-order valence-electron chi connectivity index (χ0n) is 14.8. The van der Waals surface area contributed by atoms with Crippen molar-refractivity contribution in [2.24, 2.45) is 0 Å². The highest BCUT2D eigenvalue weighted by molar-refractivity contribution is 6.83. The van der Waals surface area contributed by atoms with Crippen LogP contribution in [-0.4, -0.2) is 26.1 Å². The second kappa shape index (κ2) is 8.52. The zero-order valence-corrected chi connectivity index (χ0v) is 15.8. The van der Waals surface area contributed by atoms with E-state index in [4.69, 9.17) is 9.47 Å². The van der Waals surface area contributed by atoms with Crippen LogP contribution in [0.25, 0.3) is 0 Å². The third-order valence-electron chi connectivity index (χ3n) is 3.03. The minimum Gasteiger partial charge on any atom is -0.344 e. The predicted molar refractivity (Wildman–Crippen MR) is 97.3 cm³/mol.